The Kier molecular flexibility index (Phi) is 27.6. The molecule has 22 nitrogen and oxygen atoms in total. The molecule has 16 N–H and O–H groups in total. The number of urea groups is 1. The summed E-state index contributed by atoms with van der Waals surface area (Å²) in [6.45, 7) is 2.89. The van der Waals surface area contributed by atoms with Crippen molar-refractivity contribution >= 4 is 17.9 Å². The highest BCUT2D eigenvalue weighted by molar-refractivity contribution is 5.81. The zero-order valence-corrected chi connectivity index (χ0v) is 40.4. The molecule has 3 rings (SSSR count). The molecule has 0 radical (unpaired) electrons. The lowest BCUT2D eigenvalue weighted by atomic mass is 9.87. The van der Waals surface area contributed by atoms with Crippen LogP contribution < -0.4 is 21.9 Å². The van der Waals surface area contributed by atoms with Gasteiger partial charge in [-0.25, -0.2) is 10.2 Å². The average Bonchev–Trinajstić information content (AvgIpc) is 3.29. The minimum atomic E-state index is -2.33. The molecular formula is C49H78N4O18. The molecule has 22 heteroatoms. The minimum absolute atomic E-state index is 0.108. The molecule has 2 fully saturated rings. The number of allylic oxidation sites excluding steroid dienone is 12. The molecule has 17 atom stereocenters. The summed E-state index contributed by atoms with van der Waals surface area (Å²) in [7, 11) is 0. The van der Waals surface area contributed by atoms with Gasteiger partial charge in [-0.05, 0) is 32.6 Å². The third-order valence-corrected chi connectivity index (χ3v) is 11.9. The van der Waals surface area contributed by atoms with Crippen LogP contribution in [0.15, 0.2) is 85.1 Å². The number of aliphatic hydroxyl groups is 11. The van der Waals surface area contributed by atoms with Gasteiger partial charge < -0.3 is 86.2 Å². The molecule has 2 saturated heterocycles. The maximum atomic E-state index is 13.1. The molecule has 2 bridgehead atoms. The minimum Gasteiger partial charge on any atom is -0.462 e. The summed E-state index contributed by atoms with van der Waals surface area (Å²) < 4.78 is 23.2. The summed E-state index contributed by atoms with van der Waals surface area (Å²) in [6, 6.07) is -3.47. The summed E-state index contributed by atoms with van der Waals surface area (Å²) in [5.41, 5.74) is 10.3. The molecule has 0 aromatic carbocycles. The van der Waals surface area contributed by atoms with Gasteiger partial charge in [0.1, 0.15) is 12.2 Å². The molecule has 3 heterocycles. The van der Waals surface area contributed by atoms with Crippen LogP contribution in [0.2, 0.25) is 0 Å². The van der Waals surface area contributed by atoms with Crippen molar-refractivity contribution in [3.8, 4) is 0 Å². The van der Waals surface area contributed by atoms with E-state index in [1.165, 1.54) is 6.08 Å². The van der Waals surface area contributed by atoms with Gasteiger partial charge >= 0.3 is 12.0 Å². The molecule has 0 saturated carbocycles. The van der Waals surface area contributed by atoms with Crippen LogP contribution in [0, 0.1) is 5.92 Å². The Hall–Kier alpha value is -4.21. The van der Waals surface area contributed by atoms with Gasteiger partial charge in [-0.1, -0.05) is 92.0 Å². The van der Waals surface area contributed by atoms with Gasteiger partial charge in [0, 0.05) is 51.0 Å². The maximum absolute atomic E-state index is 13.1. The number of hydrogen-bond donors (Lipinski definition) is 15. The summed E-state index contributed by atoms with van der Waals surface area (Å²) in [5, 5.41) is 120. The average molecular weight is 1010 g/mol. The maximum Gasteiger partial charge on any atom is 0.333 e. The van der Waals surface area contributed by atoms with E-state index >= 15 is 0 Å². The number of nitrogens with one attached hydrogen (secondary N) is 3. The lowest BCUT2D eigenvalue weighted by Crippen LogP contribution is -2.64. The van der Waals surface area contributed by atoms with Crippen molar-refractivity contribution in [1.82, 2.24) is 16.2 Å². The lowest BCUT2D eigenvalue weighted by Gasteiger charge is -2.46. The van der Waals surface area contributed by atoms with Crippen LogP contribution in [0.5, 0.6) is 0 Å². The van der Waals surface area contributed by atoms with E-state index in [0.29, 0.717) is 0 Å². The molecule has 3 amide bonds. The Morgan fingerprint density at radius 3 is 1.97 bits per heavy atom. The summed E-state index contributed by atoms with van der Waals surface area (Å²) in [4.78, 5) is 37.7. The molecule has 0 aliphatic carbocycles. The van der Waals surface area contributed by atoms with Crippen molar-refractivity contribution < 1.29 is 89.5 Å². The van der Waals surface area contributed by atoms with Crippen LogP contribution in [0.25, 0.3) is 0 Å². The van der Waals surface area contributed by atoms with Crippen LogP contribution in [0.1, 0.15) is 84.5 Å². The Morgan fingerprint density at radius 2 is 1.34 bits per heavy atom. The third-order valence-electron chi connectivity index (χ3n) is 11.9. The number of rotatable bonds is 6. The van der Waals surface area contributed by atoms with Crippen molar-refractivity contribution in [2.24, 2.45) is 11.7 Å². The topological polar surface area (TPSA) is 373 Å². The molecule has 0 aromatic heterocycles. The number of ether oxygens (including phenoxy) is 4. The standard InChI is InChI=1S/C49H78N4O18/c1-30-16-13-11-9-7-5-3-4-6-8-10-12-14-17-35(70-47-46(65)44(50)40(62)29-68-47)26-41-45(51-48(66)53-52-42(63)18-15-21-54)39(61)28-49(67,71-41)27-34(57)24-38(60)36(58)20-19-32(55)23-33(56)25-43(64)69-31(2)22-37(30)59/h3-14,16-17,30-41,44-47,54-62,65,67H,15,18-29,50H2,1-2H3,(H,52,63)(H2,51,53,66)/b4-3+,7-5+,8-6+,11-9+,12-10+,16-13+,17-14+/t30-,31-,32+,33+,34-,35-,36+,37-,38+,39-,40+,41-,44-,45+,46-,47-,49+/m0/s1. The van der Waals surface area contributed by atoms with Crippen molar-refractivity contribution in [1.29, 1.82) is 0 Å². The van der Waals surface area contributed by atoms with Gasteiger partial charge in [-0.2, -0.15) is 0 Å². The normalized spacial score (nSPS) is 40.3. The number of carbonyl (C=O) groups is 3. The second-order valence-electron chi connectivity index (χ2n) is 18.3. The summed E-state index contributed by atoms with van der Waals surface area (Å²) >= 11 is 0. The molecule has 0 aromatic rings. The van der Waals surface area contributed by atoms with Crippen LogP contribution in [-0.2, 0) is 28.5 Å². The number of cyclic esters (lactones) is 1. The quantitative estimate of drug-likeness (QED) is 0.110. The SMILES string of the molecule is C[C@H]1C[C@H](O)[C@@H](C)/C=C/C=C/C=C/C=C/C=C/C=C/C=C/[C@H](O[C@@H]2OC[C@@H](O)[C@H](N)[C@@H]2O)C[C@@H]2O[C@](O)(C[C@@H](O)C[C@@H](O)[C@H](O)CC[C@@H](O)C[C@@H](O)CC(=O)O1)C[C@H](O)[C@H]2NC(=O)NNC(=O)CCCO. The first kappa shape index (κ1) is 61.1. The predicted molar refractivity (Wildman–Crippen MR) is 257 cm³/mol. The van der Waals surface area contributed by atoms with Gasteiger partial charge in [-0.15, -0.1) is 0 Å². The number of hydrogen-bond acceptors (Lipinski definition) is 19. The van der Waals surface area contributed by atoms with E-state index in [1.54, 1.807) is 85.9 Å². The van der Waals surface area contributed by atoms with Gasteiger partial charge in [0.2, 0.25) is 5.91 Å². The lowest BCUT2D eigenvalue weighted by molar-refractivity contribution is -0.299. The molecule has 71 heavy (non-hydrogen) atoms. The van der Waals surface area contributed by atoms with Crippen LogP contribution in [0.4, 0.5) is 4.79 Å². The zero-order chi connectivity index (χ0) is 52.5. The number of nitrogens with two attached hydrogens (primary N) is 1. The third kappa shape index (κ3) is 23.5. The van der Waals surface area contributed by atoms with E-state index in [0.717, 1.165) is 0 Å². The number of hydrazine groups is 1. The van der Waals surface area contributed by atoms with E-state index in [9.17, 15) is 65.4 Å². The molecule has 0 spiro atoms. The van der Waals surface area contributed by atoms with E-state index < -0.39 is 141 Å². The van der Waals surface area contributed by atoms with E-state index in [4.69, 9.17) is 29.8 Å². The Balaban J connectivity index is 1.91. The highest BCUT2D eigenvalue weighted by atomic mass is 16.7. The largest absolute Gasteiger partial charge is 0.462 e. The summed E-state index contributed by atoms with van der Waals surface area (Å²) in [5.74, 6) is -3.96. The van der Waals surface area contributed by atoms with Crippen molar-refractivity contribution in [2.45, 2.75) is 182 Å². The summed E-state index contributed by atoms with van der Waals surface area (Å²) in [6.07, 6.45) is 4.63. The number of fused-ring (bicyclic) bond motifs is 2. The number of esters is 1. The molecule has 3 aliphatic heterocycles. The molecule has 0 unspecified atom stereocenters. The van der Waals surface area contributed by atoms with Gasteiger partial charge in [0.05, 0.1) is 86.2 Å². The second kappa shape index (κ2) is 32.1. The first-order valence-corrected chi connectivity index (χ1v) is 24.1. The fourth-order valence-corrected chi connectivity index (χ4v) is 7.97. The zero-order valence-electron chi connectivity index (χ0n) is 40.4. The highest BCUT2D eigenvalue weighted by Gasteiger charge is 2.49. The van der Waals surface area contributed by atoms with Crippen molar-refractivity contribution in [3.63, 3.8) is 0 Å². The van der Waals surface area contributed by atoms with Crippen molar-refractivity contribution in [3.05, 3.63) is 85.1 Å². The van der Waals surface area contributed by atoms with Crippen LogP contribution in [-0.4, -0.2) is 185 Å². The first-order valence-electron chi connectivity index (χ1n) is 24.1. The fraction of sp³-hybridized carbons (Fsp3) is 0.653. The number of carbonyl (C=O) groups excluding carboxylic acids is 3. The molecular weight excluding hydrogens is 933 g/mol. The number of amides is 3. The Bertz CT molecular complexity index is 1810. The molecule has 3 aliphatic rings. The number of aliphatic hydroxyl groups excluding tert-OH is 10. The van der Waals surface area contributed by atoms with Gasteiger partial charge in [0.25, 0.3) is 0 Å². The van der Waals surface area contributed by atoms with Crippen LogP contribution >= 0.6 is 0 Å². The monoisotopic (exact) mass is 1010 g/mol. The highest BCUT2D eigenvalue weighted by Crippen LogP contribution is 2.35. The molecule has 402 valence electrons. The van der Waals surface area contributed by atoms with Gasteiger partial charge in [-0.3, -0.25) is 15.0 Å². The predicted octanol–water partition coefficient (Wildman–Crippen LogP) is -1.15. The Labute approximate surface area is 414 Å². The van der Waals surface area contributed by atoms with Crippen molar-refractivity contribution in [2.75, 3.05) is 13.2 Å². The van der Waals surface area contributed by atoms with E-state index in [2.05, 4.69) is 16.2 Å². The van der Waals surface area contributed by atoms with E-state index in [1.807, 2.05) is 6.92 Å². The smallest absolute Gasteiger partial charge is 0.333 e. The first-order chi connectivity index (χ1) is 33.7. The Morgan fingerprint density at radius 1 is 0.718 bits per heavy atom. The van der Waals surface area contributed by atoms with E-state index in [-0.39, 0.29) is 64.1 Å². The second-order valence-corrected chi connectivity index (χ2v) is 18.3. The fourth-order valence-electron chi connectivity index (χ4n) is 7.97. The van der Waals surface area contributed by atoms with Crippen LogP contribution in [0.3, 0.4) is 0 Å². The van der Waals surface area contributed by atoms with Gasteiger partial charge in [0.15, 0.2) is 12.1 Å².